The summed E-state index contributed by atoms with van der Waals surface area (Å²) in [6, 6.07) is 0.575. The largest absolute Gasteiger partial charge is 0.329 e. The summed E-state index contributed by atoms with van der Waals surface area (Å²) in [5.41, 5.74) is 0. The lowest BCUT2D eigenvalue weighted by Crippen LogP contribution is -2.28. The van der Waals surface area contributed by atoms with Crippen LogP contribution in [-0.2, 0) is 7.05 Å². The van der Waals surface area contributed by atoms with Crippen molar-refractivity contribution in [1.29, 1.82) is 0 Å². The molecule has 0 aliphatic heterocycles. The van der Waals surface area contributed by atoms with Crippen molar-refractivity contribution in [2.75, 3.05) is 12.3 Å². The fourth-order valence-corrected chi connectivity index (χ4v) is 2.15. The van der Waals surface area contributed by atoms with Crippen molar-refractivity contribution in [3.63, 3.8) is 0 Å². The molecule has 0 saturated heterocycles. The SMILES string of the molecule is CC(CNC(C)C)CSc1nccn1C. The number of aryl methyl sites for hydroxylation is 1. The lowest BCUT2D eigenvalue weighted by atomic mass is 10.2. The lowest BCUT2D eigenvalue weighted by molar-refractivity contribution is 0.509. The first-order valence-electron chi connectivity index (χ1n) is 5.43. The third-order valence-corrected chi connectivity index (χ3v) is 3.54. The number of hydrogen-bond donors (Lipinski definition) is 1. The topological polar surface area (TPSA) is 29.9 Å². The maximum Gasteiger partial charge on any atom is 0.167 e. The van der Waals surface area contributed by atoms with E-state index in [-0.39, 0.29) is 0 Å². The second kappa shape index (κ2) is 6.18. The van der Waals surface area contributed by atoms with E-state index in [4.69, 9.17) is 0 Å². The Hall–Kier alpha value is -0.480. The molecule has 0 radical (unpaired) electrons. The third-order valence-electron chi connectivity index (χ3n) is 2.15. The van der Waals surface area contributed by atoms with Crippen molar-refractivity contribution < 1.29 is 0 Å². The summed E-state index contributed by atoms with van der Waals surface area (Å²) in [6.45, 7) is 7.71. The van der Waals surface area contributed by atoms with Gasteiger partial charge in [0.15, 0.2) is 5.16 Å². The maximum atomic E-state index is 4.29. The van der Waals surface area contributed by atoms with Gasteiger partial charge in [-0.2, -0.15) is 0 Å². The monoisotopic (exact) mass is 227 g/mol. The molecule has 1 rings (SSSR count). The van der Waals surface area contributed by atoms with Crippen LogP contribution in [0.2, 0.25) is 0 Å². The van der Waals surface area contributed by atoms with E-state index in [0.29, 0.717) is 12.0 Å². The van der Waals surface area contributed by atoms with Crippen LogP contribution in [0.15, 0.2) is 17.6 Å². The number of hydrogen-bond acceptors (Lipinski definition) is 3. The van der Waals surface area contributed by atoms with Gasteiger partial charge in [0.1, 0.15) is 0 Å². The molecule has 1 atom stereocenters. The van der Waals surface area contributed by atoms with Crippen LogP contribution in [0.5, 0.6) is 0 Å². The van der Waals surface area contributed by atoms with Gasteiger partial charge in [-0.05, 0) is 12.5 Å². The van der Waals surface area contributed by atoms with Gasteiger partial charge in [-0.1, -0.05) is 32.5 Å². The number of thioether (sulfide) groups is 1. The second-order valence-corrected chi connectivity index (χ2v) is 5.29. The van der Waals surface area contributed by atoms with Crippen LogP contribution in [0.1, 0.15) is 20.8 Å². The summed E-state index contributed by atoms with van der Waals surface area (Å²) in [6.07, 6.45) is 3.83. The fraction of sp³-hybridized carbons (Fsp3) is 0.727. The highest BCUT2D eigenvalue weighted by Gasteiger charge is 2.06. The zero-order valence-electron chi connectivity index (χ0n) is 10.0. The molecule has 0 aliphatic rings. The molecule has 0 spiro atoms. The van der Waals surface area contributed by atoms with Crippen molar-refractivity contribution in [3.05, 3.63) is 12.4 Å². The Morgan fingerprint density at radius 3 is 2.73 bits per heavy atom. The van der Waals surface area contributed by atoms with E-state index >= 15 is 0 Å². The highest BCUT2D eigenvalue weighted by Crippen LogP contribution is 2.17. The highest BCUT2D eigenvalue weighted by molar-refractivity contribution is 7.99. The maximum absolute atomic E-state index is 4.29. The number of aromatic nitrogens is 2. The van der Waals surface area contributed by atoms with Crippen LogP contribution < -0.4 is 5.32 Å². The van der Waals surface area contributed by atoms with Gasteiger partial charge in [0.2, 0.25) is 0 Å². The van der Waals surface area contributed by atoms with Gasteiger partial charge in [0.05, 0.1) is 0 Å². The Labute approximate surface area is 96.7 Å². The molecular formula is C11H21N3S. The first kappa shape index (κ1) is 12.6. The molecule has 0 amide bonds. The zero-order chi connectivity index (χ0) is 11.3. The van der Waals surface area contributed by atoms with Crippen LogP contribution in [0, 0.1) is 5.92 Å². The van der Waals surface area contributed by atoms with Crippen molar-refractivity contribution in [2.45, 2.75) is 32.0 Å². The molecule has 0 bridgehead atoms. The molecule has 1 aromatic heterocycles. The van der Waals surface area contributed by atoms with E-state index < -0.39 is 0 Å². The second-order valence-electron chi connectivity index (χ2n) is 4.30. The van der Waals surface area contributed by atoms with Gasteiger partial charge in [-0.15, -0.1) is 0 Å². The van der Waals surface area contributed by atoms with Gasteiger partial charge < -0.3 is 9.88 Å². The van der Waals surface area contributed by atoms with Crippen molar-refractivity contribution in [3.8, 4) is 0 Å². The van der Waals surface area contributed by atoms with Crippen molar-refractivity contribution >= 4 is 11.8 Å². The van der Waals surface area contributed by atoms with E-state index in [1.165, 1.54) is 0 Å². The van der Waals surface area contributed by atoms with E-state index in [9.17, 15) is 0 Å². The third kappa shape index (κ3) is 4.71. The lowest BCUT2D eigenvalue weighted by Gasteiger charge is -2.14. The molecule has 0 fully saturated rings. The molecule has 0 aromatic carbocycles. The van der Waals surface area contributed by atoms with Gasteiger partial charge in [-0.3, -0.25) is 0 Å². The molecule has 0 saturated carbocycles. The first-order chi connectivity index (χ1) is 7.09. The van der Waals surface area contributed by atoms with Gasteiger partial charge >= 0.3 is 0 Å². The number of imidazole rings is 1. The minimum absolute atomic E-state index is 0.575. The minimum atomic E-state index is 0.575. The average molecular weight is 227 g/mol. The van der Waals surface area contributed by atoms with Gasteiger partial charge in [0.25, 0.3) is 0 Å². The average Bonchev–Trinajstić information content (AvgIpc) is 2.58. The molecule has 86 valence electrons. The summed E-state index contributed by atoms with van der Waals surface area (Å²) < 4.78 is 2.06. The summed E-state index contributed by atoms with van der Waals surface area (Å²) >= 11 is 1.83. The minimum Gasteiger partial charge on any atom is -0.329 e. The van der Waals surface area contributed by atoms with Crippen LogP contribution in [0.3, 0.4) is 0 Å². The van der Waals surface area contributed by atoms with E-state index in [1.54, 1.807) is 0 Å². The first-order valence-corrected chi connectivity index (χ1v) is 6.41. The van der Waals surface area contributed by atoms with Crippen LogP contribution in [0.4, 0.5) is 0 Å². The van der Waals surface area contributed by atoms with E-state index in [1.807, 2.05) is 31.2 Å². The normalized spacial score (nSPS) is 13.4. The smallest absolute Gasteiger partial charge is 0.167 e. The Kier molecular flexibility index (Phi) is 5.19. The van der Waals surface area contributed by atoms with E-state index in [0.717, 1.165) is 17.5 Å². The highest BCUT2D eigenvalue weighted by atomic mass is 32.2. The number of rotatable bonds is 6. The van der Waals surface area contributed by atoms with Crippen LogP contribution in [-0.4, -0.2) is 27.9 Å². The quantitative estimate of drug-likeness (QED) is 0.755. The van der Waals surface area contributed by atoms with Crippen LogP contribution >= 0.6 is 11.8 Å². The molecule has 3 nitrogen and oxygen atoms in total. The standard InChI is InChI=1S/C11H21N3S/c1-9(2)13-7-10(3)8-15-11-12-5-6-14(11)4/h5-6,9-10,13H,7-8H2,1-4H3. The van der Waals surface area contributed by atoms with Crippen LogP contribution in [0.25, 0.3) is 0 Å². The zero-order valence-corrected chi connectivity index (χ0v) is 10.8. The van der Waals surface area contributed by atoms with Gasteiger partial charge in [0, 0.05) is 31.2 Å². The number of nitrogens with one attached hydrogen (secondary N) is 1. The Bertz CT molecular complexity index is 283. The summed E-state index contributed by atoms with van der Waals surface area (Å²) in [4.78, 5) is 4.29. The van der Waals surface area contributed by atoms with Gasteiger partial charge in [-0.25, -0.2) is 4.98 Å². The predicted molar refractivity (Wildman–Crippen MR) is 66.2 cm³/mol. The Morgan fingerprint density at radius 2 is 2.20 bits per heavy atom. The molecule has 0 aliphatic carbocycles. The number of nitrogens with zero attached hydrogens (tertiary/aromatic N) is 2. The summed E-state index contributed by atoms with van der Waals surface area (Å²) in [5, 5.41) is 4.55. The predicted octanol–water partition coefficient (Wildman–Crippen LogP) is 2.15. The van der Waals surface area contributed by atoms with Crippen molar-refractivity contribution in [2.24, 2.45) is 13.0 Å². The Balaban J connectivity index is 2.22. The molecular weight excluding hydrogens is 206 g/mol. The summed E-state index contributed by atoms with van der Waals surface area (Å²) in [5.74, 6) is 1.79. The van der Waals surface area contributed by atoms with Crippen molar-refractivity contribution in [1.82, 2.24) is 14.9 Å². The summed E-state index contributed by atoms with van der Waals surface area (Å²) in [7, 11) is 2.03. The molecule has 4 heteroatoms. The Morgan fingerprint density at radius 1 is 1.47 bits per heavy atom. The molecule has 1 heterocycles. The molecule has 1 aromatic rings. The molecule has 15 heavy (non-hydrogen) atoms. The molecule has 1 N–H and O–H groups in total. The van der Waals surface area contributed by atoms with E-state index in [2.05, 4.69) is 35.6 Å². The molecule has 1 unspecified atom stereocenters. The fourth-order valence-electron chi connectivity index (χ4n) is 1.20.